The second-order valence-electron chi connectivity index (χ2n) is 3.82. The van der Waals surface area contributed by atoms with Gasteiger partial charge in [0.25, 0.3) is 0 Å². The van der Waals surface area contributed by atoms with Crippen molar-refractivity contribution >= 4 is 5.78 Å². The van der Waals surface area contributed by atoms with Gasteiger partial charge in [-0.2, -0.15) is 5.10 Å². The third-order valence-electron chi connectivity index (χ3n) is 2.58. The number of Topliss-reactive ketones (excluding diaryl/α,β-unsaturated/α-hetero) is 1. The average molecular weight is 218 g/mol. The number of furan rings is 1. The Morgan fingerprint density at radius 3 is 2.94 bits per heavy atom. The van der Waals surface area contributed by atoms with Crippen molar-refractivity contribution in [3.05, 3.63) is 41.6 Å². The number of aryl methyl sites for hydroxylation is 3. The van der Waals surface area contributed by atoms with Crippen molar-refractivity contribution in [2.45, 2.75) is 19.8 Å². The van der Waals surface area contributed by atoms with E-state index in [9.17, 15) is 4.79 Å². The van der Waals surface area contributed by atoms with Crippen LogP contribution < -0.4 is 0 Å². The fourth-order valence-electron chi connectivity index (χ4n) is 1.62. The van der Waals surface area contributed by atoms with Gasteiger partial charge in [0.15, 0.2) is 5.78 Å². The van der Waals surface area contributed by atoms with Crippen molar-refractivity contribution in [2.75, 3.05) is 0 Å². The number of aromatic nitrogens is 2. The molecular weight excluding hydrogens is 204 g/mol. The van der Waals surface area contributed by atoms with Crippen molar-refractivity contribution in [1.82, 2.24) is 9.78 Å². The van der Waals surface area contributed by atoms with Crippen LogP contribution in [0.15, 0.2) is 29.0 Å². The maximum Gasteiger partial charge on any atom is 0.166 e. The summed E-state index contributed by atoms with van der Waals surface area (Å²) in [6.07, 6.45) is 4.45. The SMILES string of the molecule is Cc1cc(C(=O)CCc2ccnn2C)co1. The van der Waals surface area contributed by atoms with E-state index in [0.717, 1.165) is 11.5 Å². The molecule has 4 nitrogen and oxygen atoms in total. The normalized spacial score (nSPS) is 10.6. The van der Waals surface area contributed by atoms with Gasteiger partial charge in [0.2, 0.25) is 0 Å². The molecule has 0 unspecified atom stereocenters. The van der Waals surface area contributed by atoms with Crippen molar-refractivity contribution in [3.8, 4) is 0 Å². The van der Waals surface area contributed by atoms with Gasteiger partial charge in [-0.1, -0.05) is 0 Å². The van der Waals surface area contributed by atoms with Gasteiger partial charge < -0.3 is 4.42 Å². The van der Waals surface area contributed by atoms with Crippen LogP contribution in [0.5, 0.6) is 0 Å². The third-order valence-corrected chi connectivity index (χ3v) is 2.58. The molecule has 0 fully saturated rings. The Hall–Kier alpha value is -1.84. The minimum Gasteiger partial charge on any atom is -0.469 e. The molecule has 2 aromatic heterocycles. The highest BCUT2D eigenvalue weighted by atomic mass is 16.3. The van der Waals surface area contributed by atoms with Gasteiger partial charge in [-0.25, -0.2) is 0 Å². The van der Waals surface area contributed by atoms with Crippen molar-refractivity contribution in [3.63, 3.8) is 0 Å². The summed E-state index contributed by atoms with van der Waals surface area (Å²) < 4.78 is 6.89. The lowest BCUT2D eigenvalue weighted by Gasteiger charge is -1.99. The number of ketones is 1. The minimum absolute atomic E-state index is 0.109. The molecule has 0 aromatic carbocycles. The molecule has 0 atom stereocenters. The first-order valence-electron chi connectivity index (χ1n) is 5.22. The Morgan fingerprint density at radius 1 is 1.56 bits per heavy atom. The summed E-state index contributed by atoms with van der Waals surface area (Å²) in [6, 6.07) is 3.69. The molecule has 0 bridgehead atoms. The zero-order valence-corrected chi connectivity index (χ0v) is 9.43. The van der Waals surface area contributed by atoms with E-state index in [4.69, 9.17) is 4.42 Å². The molecule has 2 aromatic rings. The van der Waals surface area contributed by atoms with Crippen molar-refractivity contribution < 1.29 is 9.21 Å². The van der Waals surface area contributed by atoms with E-state index in [1.807, 2.05) is 20.0 Å². The van der Waals surface area contributed by atoms with Gasteiger partial charge in [-0.3, -0.25) is 9.48 Å². The molecule has 0 aliphatic carbocycles. The van der Waals surface area contributed by atoms with Crippen LogP contribution in [0, 0.1) is 6.92 Å². The number of carbonyl (C=O) groups is 1. The second-order valence-corrected chi connectivity index (χ2v) is 3.82. The van der Waals surface area contributed by atoms with Gasteiger partial charge in [0.05, 0.1) is 5.56 Å². The Labute approximate surface area is 93.9 Å². The standard InChI is InChI=1S/C12H14N2O2/c1-9-7-10(8-16-9)12(15)4-3-11-5-6-13-14(11)2/h5-8H,3-4H2,1-2H3. The van der Waals surface area contributed by atoms with Crippen molar-refractivity contribution in [2.24, 2.45) is 7.05 Å². The van der Waals surface area contributed by atoms with Gasteiger partial charge in [0, 0.05) is 25.4 Å². The van der Waals surface area contributed by atoms with Gasteiger partial charge in [0.1, 0.15) is 12.0 Å². The molecule has 0 radical (unpaired) electrons. The molecule has 0 saturated heterocycles. The lowest BCUT2D eigenvalue weighted by Crippen LogP contribution is -2.03. The van der Waals surface area contributed by atoms with Gasteiger partial charge in [-0.05, 0) is 25.5 Å². The predicted octanol–water partition coefficient (Wildman–Crippen LogP) is 2.14. The van der Waals surface area contributed by atoms with Gasteiger partial charge >= 0.3 is 0 Å². The Morgan fingerprint density at radius 2 is 2.38 bits per heavy atom. The lowest BCUT2D eigenvalue weighted by molar-refractivity contribution is 0.0981. The molecule has 0 aliphatic rings. The number of carbonyl (C=O) groups excluding carboxylic acids is 1. The quantitative estimate of drug-likeness (QED) is 0.739. The van der Waals surface area contributed by atoms with E-state index < -0.39 is 0 Å². The molecule has 0 spiro atoms. The molecule has 0 N–H and O–H groups in total. The summed E-state index contributed by atoms with van der Waals surface area (Å²) in [5.41, 5.74) is 1.72. The highest BCUT2D eigenvalue weighted by molar-refractivity contribution is 5.95. The van der Waals surface area contributed by atoms with E-state index in [2.05, 4.69) is 5.10 Å². The third kappa shape index (κ3) is 2.21. The second kappa shape index (κ2) is 4.35. The summed E-state index contributed by atoms with van der Waals surface area (Å²) in [4.78, 5) is 11.8. The van der Waals surface area contributed by atoms with Crippen LogP contribution in [-0.4, -0.2) is 15.6 Å². The topological polar surface area (TPSA) is 48.0 Å². The van der Waals surface area contributed by atoms with Gasteiger partial charge in [-0.15, -0.1) is 0 Å². The zero-order chi connectivity index (χ0) is 11.5. The number of hydrogen-bond acceptors (Lipinski definition) is 3. The zero-order valence-electron chi connectivity index (χ0n) is 9.43. The van der Waals surface area contributed by atoms with Crippen LogP contribution in [0.4, 0.5) is 0 Å². The first-order chi connectivity index (χ1) is 7.66. The first-order valence-corrected chi connectivity index (χ1v) is 5.22. The molecule has 2 rings (SSSR count). The largest absolute Gasteiger partial charge is 0.469 e. The first kappa shape index (κ1) is 10.7. The smallest absolute Gasteiger partial charge is 0.166 e. The number of rotatable bonds is 4. The van der Waals surface area contributed by atoms with E-state index >= 15 is 0 Å². The Balaban J connectivity index is 1.96. The van der Waals surface area contributed by atoms with Crippen LogP contribution in [0.25, 0.3) is 0 Å². The molecule has 0 aliphatic heterocycles. The molecule has 0 saturated carbocycles. The summed E-state index contributed by atoms with van der Waals surface area (Å²) in [5, 5.41) is 4.06. The number of nitrogens with zero attached hydrogens (tertiary/aromatic N) is 2. The maximum absolute atomic E-state index is 11.8. The molecule has 84 valence electrons. The highest BCUT2D eigenvalue weighted by Gasteiger charge is 2.09. The summed E-state index contributed by atoms with van der Waals surface area (Å²) >= 11 is 0. The lowest BCUT2D eigenvalue weighted by atomic mass is 10.1. The molecule has 0 amide bonds. The van der Waals surface area contributed by atoms with Crippen LogP contribution in [-0.2, 0) is 13.5 Å². The van der Waals surface area contributed by atoms with E-state index in [-0.39, 0.29) is 5.78 Å². The fraction of sp³-hybridized carbons (Fsp3) is 0.333. The van der Waals surface area contributed by atoms with E-state index in [0.29, 0.717) is 18.4 Å². The maximum atomic E-state index is 11.8. The van der Waals surface area contributed by atoms with E-state index in [1.54, 1.807) is 16.9 Å². The van der Waals surface area contributed by atoms with Crippen LogP contribution in [0.2, 0.25) is 0 Å². The Bertz CT molecular complexity index is 497. The molecular formula is C12H14N2O2. The predicted molar refractivity (Wildman–Crippen MR) is 59.3 cm³/mol. The Kier molecular flexibility index (Phi) is 2.90. The van der Waals surface area contributed by atoms with Crippen LogP contribution >= 0.6 is 0 Å². The van der Waals surface area contributed by atoms with Crippen LogP contribution in [0.3, 0.4) is 0 Å². The van der Waals surface area contributed by atoms with Crippen molar-refractivity contribution in [1.29, 1.82) is 0 Å². The minimum atomic E-state index is 0.109. The monoisotopic (exact) mass is 218 g/mol. The fourth-order valence-corrected chi connectivity index (χ4v) is 1.62. The molecule has 16 heavy (non-hydrogen) atoms. The molecule has 2 heterocycles. The summed E-state index contributed by atoms with van der Waals surface area (Å²) in [5.74, 6) is 0.877. The molecule has 4 heteroatoms. The summed E-state index contributed by atoms with van der Waals surface area (Å²) in [7, 11) is 1.88. The summed E-state index contributed by atoms with van der Waals surface area (Å²) in [6.45, 7) is 1.83. The average Bonchev–Trinajstić information content (AvgIpc) is 2.84. The number of hydrogen-bond donors (Lipinski definition) is 0. The van der Waals surface area contributed by atoms with Crippen LogP contribution in [0.1, 0.15) is 28.2 Å². The highest BCUT2D eigenvalue weighted by Crippen LogP contribution is 2.11. The van der Waals surface area contributed by atoms with E-state index in [1.165, 1.54) is 6.26 Å².